The first kappa shape index (κ1) is 30.2. The molecule has 234 valence electrons. The molecule has 1 N–H and O–H groups in total. The zero-order chi connectivity index (χ0) is 31.3. The molecule has 0 radical (unpaired) electrons. The Balaban J connectivity index is 1.07. The molecule has 3 aromatic heterocycles. The van der Waals surface area contributed by atoms with Gasteiger partial charge in [-0.05, 0) is 88.3 Å². The van der Waals surface area contributed by atoms with Crippen LogP contribution in [-0.2, 0) is 11.3 Å². The maximum Gasteiger partial charge on any atom is 0.354 e. The monoisotopic (exact) mass is 647 g/mol. The van der Waals surface area contributed by atoms with Crippen molar-refractivity contribution in [2.75, 3.05) is 0 Å². The molecular formula is C35H35Cl2N3O5. The van der Waals surface area contributed by atoms with E-state index in [2.05, 4.69) is 27.3 Å². The van der Waals surface area contributed by atoms with Crippen LogP contribution in [0.1, 0.15) is 98.5 Å². The lowest BCUT2D eigenvalue weighted by atomic mass is 9.58. The van der Waals surface area contributed by atoms with Gasteiger partial charge in [-0.2, -0.15) is 0 Å². The predicted octanol–water partition coefficient (Wildman–Crippen LogP) is 9.28. The minimum absolute atomic E-state index is 0.0237. The summed E-state index contributed by atoms with van der Waals surface area (Å²) >= 11 is 13.0. The van der Waals surface area contributed by atoms with Gasteiger partial charge in [-0.25, -0.2) is 9.78 Å². The molecule has 0 aliphatic heterocycles. The van der Waals surface area contributed by atoms with E-state index >= 15 is 0 Å². The molecule has 0 atom stereocenters. The lowest BCUT2D eigenvalue weighted by Crippen LogP contribution is -2.46. The number of aromatic nitrogens is 3. The number of hydrogen-bond acceptors (Lipinski definition) is 7. The maximum atomic E-state index is 11.6. The van der Waals surface area contributed by atoms with Crippen LogP contribution in [0.4, 0.5) is 0 Å². The molecule has 4 saturated carbocycles. The molecule has 1 aromatic carbocycles. The van der Waals surface area contributed by atoms with Crippen LogP contribution in [0.2, 0.25) is 10.0 Å². The van der Waals surface area contributed by atoms with Crippen LogP contribution >= 0.6 is 23.2 Å². The Morgan fingerprint density at radius 3 is 2.44 bits per heavy atom. The second-order valence-electron chi connectivity index (χ2n) is 13.0. The zero-order valence-electron chi connectivity index (χ0n) is 25.3. The highest BCUT2D eigenvalue weighted by molar-refractivity contribution is 6.38. The topological polar surface area (TPSA) is 108 Å². The van der Waals surface area contributed by atoms with E-state index in [1.807, 2.05) is 32.0 Å². The van der Waals surface area contributed by atoms with Gasteiger partial charge in [0.2, 0.25) is 0 Å². The summed E-state index contributed by atoms with van der Waals surface area (Å²) in [6.07, 6.45) is 15.9. The first-order valence-electron chi connectivity index (χ1n) is 15.6. The highest BCUT2D eigenvalue weighted by Crippen LogP contribution is 2.55. The number of hydrogen-bond donors (Lipinski definition) is 1. The third-order valence-electron chi connectivity index (χ3n) is 9.62. The van der Waals surface area contributed by atoms with Gasteiger partial charge < -0.3 is 19.1 Å². The summed E-state index contributed by atoms with van der Waals surface area (Å²) in [6.45, 7) is 4.27. The smallest absolute Gasteiger partial charge is 0.354 e. The number of carboxylic acids is 1. The second-order valence-corrected chi connectivity index (χ2v) is 13.9. The fraction of sp³-hybridized carbons (Fsp3) is 0.429. The number of benzene rings is 1. The van der Waals surface area contributed by atoms with Crippen LogP contribution in [0.25, 0.3) is 28.2 Å². The van der Waals surface area contributed by atoms with Crippen molar-refractivity contribution in [2.45, 2.75) is 89.4 Å². The summed E-state index contributed by atoms with van der Waals surface area (Å²) < 4.78 is 18.6. The Morgan fingerprint density at radius 2 is 1.80 bits per heavy atom. The molecule has 45 heavy (non-hydrogen) atoms. The van der Waals surface area contributed by atoms with E-state index in [9.17, 15) is 9.90 Å². The van der Waals surface area contributed by atoms with Gasteiger partial charge in [-0.15, -0.1) is 0 Å². The first-order chi connectivity index (χ1) is 21.6. The fourth-order valence-electron chi connectivity index (χ4n) is 6.88. The van der Waals surface area contributed by atoms with Gasteiger partial charge in [0.05, 0.1) is 33.9 Å². The van der Waals surface area contributed by atoms with Crippen LogP contribution < -0.4 is 4.74 Å². The average molecular weight is 649 g/mol. The van der Waals surface area contributed by atoms with Gasteiger partial charge in [0, 0.05) is 40.9 Å². The van der Waals surface area contributed by atoms with Crippen LogP contribution in [-0.4, -0.2) is 37.9 Å². The third kappa shape index (κ3) is 5.96. The molecule has 3 heterocycles. The van der Waals surface area contributed by atoms with E-state index in [1.54, 1.807) is 12.4 Å². The number of nitrogens with zero attached hydrogens (tertiary/aromatic N) is 3. The van der Waals surface area contributed by atoms with Crippen LogP contribution in [0.3, 0.4) is 0 Å². The number of allylic oxidation sites excluding steroid dienone is 1. The Bertz CT molecular complexity index is 1770. The first-order valence-corrected chi connectivity index (χ1v) is 16.4. The number of pyridine rings is 2. The van der Waals surface area contributed by atoms with E-state index in [1.165, 1.54) is 6.07 Å². The highest BCUT2D eigenvalue weighted by atomic mass is 35.5. The summed E-state index contributed by atoms with van der Waals surface area (Å²) in [5.41, 5.74) is 3.82. The quantitative estimate of drug-likeness (QED) is 0.181. The minimum atomic E-state index is -1.07. The number of rotatable bonds is 10. The maximum absolute atomic E-state index is 11.6. The van der Waals surface area contributed by atoms with Crippen molar-refractivity contribution in [1.82, 2.24) is 15.1 Å². The van der Waals surface area contributed by atoms with Crippen molar-refractivity contribution >= 4 is 46.2 Å². The normalized spacial score (nSPS) is 23.0. The lowest BCUT2D eigenvalue weighted by Gasteiger charge is -2.52. The molecule has 0 spiro atoms. The summed E-state index contributed by atoms with van der Waals surface area (Å²) in [4.78, 5) is 20.0. The Labute approximate surface area is 271 Å². The summed E-state index contributed by atoms with van der Waals surface area (Å²) in [5, 5.41) is 15.6. The van der Waals surface area contributed by atoms with Crippen LogP contribution in [0.15, 0.2) is 47.3 Å². The van der Waals surface area contributed by atoms with E-state index < -0.39 is 5.97 Å². The van der Waals surface area contributed by atoms with E-state index in [-0.39, 0.29) is 22.8 Å². The molecule has 0 unspecified atom stereocenters. The molecular weight excluding hydrogens is 613 g/mol. The van der Waals surface area contributed by atoms with Crippen LogP contribution in [0.5, 0.6) is 5.75 Å². The number of fused-ring (bicyclic) bond motifs is 4. The van der Waals surface area contributed by atoms with Crippen molar-refractivity contribution in [2.24, 2.45) is 5.41 Å². The van der Waals surface area contributed by atoms with Crippen molar-refractivity contribution in [1.29, 1.82) is 0 Å². The minimum Gasteiger partial charge on any atom is -0.490 e. The van der Waals surface area contributed by atoms with Gasteiger partial charge >= 0.3 is 5.97 Å². The van der Waals surface area contributed by atoms with Gasteiger partial charge in [-0.3, -0.25) is 4.98 Å². The third-order valence-corrected chi connectivity index (χ3v) is 10.2. The zero-order valence-corrected chi connectivity index (χ0v) is 26.8. The van der Waals surface area contributed by atoms with E-state index in [4.69, 9.17) is 37.2 Å². The molecule has 2 bridgehead atoms. The average Bonchev–Trinajstić information content (AvgIpc) is 3.79. The second kappa shape index (κ2) is 11.7. The molecule has 4 aliphatic carbocycles. The van der Waals surface area contributed by atoms with Crippen molar-refractivity contribution in [3.63, 3.8) is 0 Å². The number of halogens is 2. The largest absolute Gasteiger partial charge is 0.490 e. The Kier molecular flexibility index (Phi) is 7.87. The highest BCUT2D eigenvalue weighted by Gasteiger charge is 2.48. The molecule has 8 rings (SSSR count). The number of carbonyl (C=O) groups is 1. The van der Waals surface area contributed by atoms with Crippen molar-refractivity contribution in [3.8, 4) is 17.0 Å². The van der Waals surface area contributed by atoms with Gasteiger partial charge in [-0.1, -0.05) is 46.6 Å². The summed E-state index contributed by atoms with van der Waals surface area (Å²) in [7, 11) is 0. The number of carboxylic acid groups (broad SMARTS) is 1. The molecule has 8 nitrogen and oxygen atoms in total. The summed E-state index contributed by atoms with van der Waals surface area (Å²) in [6, 6.07) is 7.40. The molecule has 0 saturated heterocycles. The molecule has 4 aromatic rings. The van der Waals surface area contributed by atoms with Crippen molar-refractivity contribution in [3.05, 3.63) is 75.4 Å². The Hall–Kier alpha value is -3.46. The lowest BCUT2D eigenvalue weighted by molar-refractivity contribution is -0.133. The standard InChI is InChI=1S/C35H35Cl2N3O5/c1-20(2)44-29-16-28(33(41)42)39-27-6-3-21(15-23(27)29)7-8-34-9-12-35(13-10-34,14-11-34)43-19-24-31(40-45-32(24)22-4-5-22)30-25(36)17-38-18-26(30)37/h3,6-8,15-18,20,22H,4-5,9-14,19H2,1-2H3,(H,41,42). The fourth-order valence-corrected chi connectivity index (χ4v) is 7.43. The van der Waals surface area contributed by atoms with E-state index in [0.717, 1.165) is 73.6 Å². The van der Waals surface area contributed by atoms with Gasteiger partial charge in [0.1, 0.15) is 17.2 Å². The van der Waals surface area contributed by atoms with Crippen molar-refractivity contribution < 1.29 is 23.9 Å². The summed E-state index contributed by atoms with van der Waals surface area (Å²) in [5.74, 6) is 0.722. The van der Waals surface area contributed by atoms with Gasteiger partial charge in [0.25, 0.3) is 0 Å². The molecule has 4 aliphatic rings. The SMILES string of the molecule is CC(C)Oc1cc(C(=O)O)nc2ccc(C=CC34CCC(OCc5c(-c6c(Cl)cncc6Cl)noc5C5CC5)(CC3)CC4)cc12. The molecule has 0 amide bonds. The predicted molar refractivity (Wildman–Crippen MR) is 173 cm³/mol. The Morgan fingerprint density at radius 1 is 1.09 bits per heavy atom. The van der Waals surface area contributed by atoms with E-state index in [0.29, 0.717) is 45.1 Å². The number of aromatic carboxylic acids is 1. The van der Waals surface area contributed by atoms with Gasteiger partial charge in [0.15, 0.2) is 5.69 Å². The van der Waals surface area contributed by atoms with Crippen LogP contribution in [0, 0.1) is 5.41 Å². The molecule has 10 heteroatoms. The number of ether oxygens (including phenoxy) is 2. The molecule has 4 fully saturated rings.